The van der Waals surface area contributed by atoms with Crippen molar-refractivity contribution < 1.29 is 4.79 Å². The van der Waals surface area contributed by atoms with Crippen LogP contribution in [0.3, 0.4) is 0 Å². The van der Waals surface area contributed by atoms with Gasteiger partial charge in [0, 0.05) is 29.4 Å². The second-order valence-corrected chi connectivity index (χ2v) is 7.42. The Kier molecular flexibility index (Phi) is 4.50. The number of fused-ring (bicyclic) bond motifs is 1. The van der Waals surface area contributed by atoms with E-state index in [-0.39, 0.29) is 11.9 Å². The van der Waals surface area contributed by atoms with Gasteiger partial charge in [-0.15, -0.1) is 0 Å². The average molecular weight is 365 g/mol. The van der Waals surface area contributed by atoms with Crippen molar-refractivity contribution in [2.24, 2.45) is 0 Å². The Labute approximate surface area is 159 Å². The van der Waals surface area contributed by atoms with Crippen molar-refractivity contribution in [3.63, 3.8) is 0 Å². The molecule has 0 saturated heterocycles. The average Bonchev–Trinajstić information content (AvgIpc) is 3.36. The number of carbonyl (C=O) groups is 1. The number of rotatable bonds is 6. The maximum atomic E-state index is 12.9. The predicted octanol–water partition coefficient (Wildman–Crippen LogP) is 4.09. The highest BCUT2D eigenvalue weighted by Crippen LogP contribution is 2.37. The molecule has 1 N–H and O–H groups in total. The second-order valence-electron chi connectivity index (χ2n) is 7.42. The van der Waals surface area contributed by atoms with Crippen LogP contribution in [0.25, 0.3) is 11.0 Å². The maximum absolute atomic E-state index is 12.9. The van der Waals surface area contributed by atoms with Crippen molar-refractivity contribution >= 4 is 16.9 Å². The van der Waals surface area contributed by atoms with E-state index in [0.717, 1.165) is 41.0 Å². The van der Waals surface area contributed by atoms with Gasteiger partial charge in [0.1, 0.15) is 0 Å². The molecule has 0 aliphatic heterocycles. The van der Waals surface area contributed by atoms with E-state index in [1.807, 2.05) is 36.1 Å². The van der Waals surface area contributed by atoms with Crippen LogP contribution in [0.5, 0.6) is 0 Å². The van der Waals surface area contributed by atoms with Crippen molar-refractivity contribution in [3.05, 3.63) is 47.0 Å². The predicted molar refractivity (Wildman–Crippen MR) is 106 cm³/mol. The quantitative estimate of drug-likeness (QED) is 0.716. The zero-order chi connectivity index (χ0) is 19.1. The zero-order valence-electron chi connectivity index (χ0n) is 16.5. The molecule has 27 heavy (non-hydrogen) atoms. The number of aryl methyl sites for hydroxylation is 2. The Morgan fingerprint density at radius 2 is 2.07 bits per heavy atom. The molecule has 1 aliphatic carbocycles. The molecule has 6 heteroatoms. The van der Waals surface area contributed by atoms with E-state index in [2.05, 4.69) is 40.7 Å². The first kappa shape index (κ1) is 17.8. The number of benzene rings is 1. The monoisotopic (exact) mass is 365 g/mol. The fourth-order valence-corrected chi connectivity index (χ4v) is 3.96. The molecule has 0 spiro atoms. The second kappa shape index (κ2) is 6.83. The van der Waals surface area contributed by atoms with Crippen LogP contribution < -0.4 is 5.32 Å². The molecule has 1 fully saturated rings. The minimum absolute atomic E-state index is 0.0440. The van der Waals surface area contributed by atoms with Gasteiger partial charge in [0.05, 0.1) is 29.1 Å². The van der Waals surface area contributed by atoms with E-state index in [1.165, 1.54) is 12.8 Å². The lowest BCUT2D eigenvalue weighted by Gasteiger charge is -2.18. The molecule has 0 radical (unpaired) electrons. The number of carbonyl (C=O) groups excluding carboxylic acids is 1. The summed E-state index contributed by atoms with van der Waals surface area (Å²) in [6.07, 6.45) is 5.15. The standard InChI is InChI=1S/C21H27N5O/c1-5-17(20-13(3)24-26(6-2)14(20)4)23-21(27)15-7-10-19-18(11-15)22-12-25(19)16-8-9-16/h7,10-12,16-17H,5-6,8-9H2,1-4H3,(H,23,27)/t17-/m0/s1. The third-order valence-corrected chi connectivity index (χ3v) is 5.58. The molecule has 1 aliphatic rings. The minimum Gasteiger partial charge on any atom is -0.345 e. The number of nitrogens with one attached hydrogen (secondary N) is 1. The molecule has 6 nitrogen and oxygen atoms in total. The Balaban J connectivity index is 1.59. The van der Waals surface area contributed by atoms with Crippen molar-refractivity contribution in [2.45, 2.75) is 65.6 Å². The molecule has 2 aromatic heterocycles. The van der Waals surface area contributed by atoms with Crippen LogP contribution in [0, 0.1) is 13.8 Å². The maximum Gasteiger partial charge on any atom is 0.251 e. The molecule has 1 atom stereocenters. The third-order valence-electron chi connectivity index (χ3n) is 5.58. The molecule has 1 aromatic carbocycles. The minimum atomic E-state index is -0.0622. The van der Waals surface area contributed by atoms with E-state index >= 15 is 0 Å². The molecule has 2 heterocycles. The summed E-state index contributed by atoms with van der Waals surface area (Å²) in [5.74, 6) is -0.0622. The Bertz CT molecular complexity index is 996. The molecule has 1 saturated carbocycles. The van der Waals surface area contributed by atoms with E-state index in [4.69, 9.17) is 0 Å². The number of amides is 1. The highest BCUT2D eigenvalue weighted by molar-refractivity contribution is 5.97. The van der Waals surface area contributed by atoms with Gasteiger partial charge < -0.3 is 9.88 Å². The first-order valence-corrected chi connectivity index (χ1v) is 9.84. The molecule has 142 valence electrons. The molecular weight excluding hydrogens is 338 g/mol. The lowest BCUT2D eigenvalue weighted by Crippen LogP contribution is -2.29. The van der Waals surface area contributed by atoms with Crippen molar-refractivity contribution in [3.8, 4) is 0 Å². The molecule has 1 amide bonds. The summed E-state index contributed by atoms with van der Waals surface area (Å²) in [5, 5.41) is 7.79. The number of aromatic nitrogens is 4. The van der Waals surface area contributed by atoms with Crippen molar-refractivity contribution in [1.82, 2.24) is 24.6 Å². The highest BCUT2D eigenvalue weighted by Gasteiger charge is 2.25. The van der Waals surface area contributed by atoms with Crippen LogP contribution in [0.2, 0.25) is 0 Å². The molecule has 0 unspecified atom stereocenters. The number of imidazole rings is 1. The highest BCUT2D eigenvalue weighted by atomic mass is 16.1. The summed E-state index contributed by atoms with van der Waals surface area (Å²) in [6.45, 7) is 9.09. The van der Waals surface area contributed by atoms with Crippen molar-refractivity contribution in [1.29, 1.82) is 0 Å². The van der Waals surface area contributed by atoms with Crippen LogP contribution in [0.15, 0.2) is 24.5 Å². The van der Waals surface area contributed by atoms with Gasteiger partial charge in [0.25, 0.3) is 5.91 Å². The van der Waals surface area contributed by atoms with Crippen LogP contribution in [-0.2, 0) is 6.54 Å². The number of hydrogen-bond donors (Lipinski definition) is 1. The topological polar surface area (TPSA) is 64.7 Å². The number of hydrogen-bond acceptors (Lipinski definition) is 3. The van der Waals surface area contributed by atoms with E-state index in [1.54, 1.807) is 0 Å². The Morgan fingerprint density at radius 3 is 2.70 bits per heavy atom. The van der Waals surface area contributed by atoms with Gasteiger partial charge in [0.2, 0.25) is 0 Å². The van der Waals surface area contributed by atoms with Crippen LogP contribution in [-0.4, -0.2) is 25.2 Å². The molecule has 0 bridgehead atoms. The molecule has 4 rings (SSSR count). The third kappa shape index (κ3) is 3.13. The molecule has 3 aromatic rings. The lowest BCUT2D eigenvalue weighted by molar-refractivity contribution is 0.0935. The lowest BCUT2D eigenvalue weighted by atomic mass is 10.0. The zero-order valence-corrected chi connectivity index (χ0v) is 16.5. The van der Waals surface area contributed by atoms with Gasteiger partial charge in [0.15, 0.2) is 0 Å². The van der Waals surface area contributed by atoms with Crippen LogP contribution in [0.4, 0.5) is 0 Å². The fourth-order valence-electron chi connectivity index (χ4n) is 3.96. The Morgan fingerprint density at radius 1 is 1.30 bits per heavy atom. The summed E-state index contributed by atoms with van der Waals surface area (Å²) >= 11 is 0. The van der Waals surface area contributed by atoms with Gasteiger partial charge in [-0.3, -0.25) is 9.48 Å². The van der Waals surface area contributed by atoms with Gasteiger partial charge in [-0.2, -0.15) is 5.10 Å². The normalized spacial score (nSPS) is 15.3. The Hall–Kier alpha value is -2.63. The smallest absolute Gasteiger partial charge is 0.251 e. The van der Waals surface area contributed by atoms with Crippen molar-refractivity contribution in [2.75, 3.05) is 0 Å². The van der Waals surface area contributed by atoms with Crippen LogP contribution >= 0.6 is 0 Å². The SMILES string of the molecule is CC[C@H](NC(=O)c1ccc2c(c1)ncn2C1CC1)c1c(C)nn(CC)c1C. The van der Waals surface area contributed by atoms with Gasteiger partial charge in [-0.25, -0.2) is 4.98 Å². The van der Waals surface area contributed by atoms with E-state index in [0.29, 0.717) is 11.6 Å². The molecular formula is C21H27N5O. The summed E-state index contributed by atoms with van der Waals surface area (Å²) in [4.78, 5) is 17.4. The summed E-state index contributed by atoms with van der Waals surface area (Å²) < 4.78 is 4.22. The largest absolute Gasteiger partial charge is 0.345 e. The van der Waals surface area contributed by atoms with Crippen LogP contribution in [0.1, 0.15) is 72.5 Å². The van der Waals surface area contributed by atoms with Gasteiger partial charge in [-0.05, 0) is 58.2 Å². The van der Waals surface area contributed by atoms with Gasteiger partial charge >= 0.3 is 0 Å². The first-order chi connectivity index (χ1) is 13.0. The summed E-state index contributed by atoms with van der Waals surface area (Å²) in [7, 11) is 0. The summed E-state index contributed by atoms with van der Waals surface area (Å²) in [6, 6.07) is 6.35. The fraction of sp³-hybridized carbons (Fsp3) is 0.476. The van der Waals surface area contributed by atoms with E-state index < -0.39 is 0 Å². The number of nitrogens with zero attached hydrogens (tertiary/aromatic N) is 4. The van der Waals surface area contributed by atoms with E-state index in [9.17, 15) is 4.79 Å². The summed E-state index contributed by atoms with van der Waals surface area (Å²) in [5.41, 5.74) is 5.89. The van der Waals surface area contributed by atoms with Gasteiger partial charge in [-0.1, -0.05) is 6.92 Å². The first-order valence-electron chi connectivity index (χ1n) is 9.84.